The van der Waals surface area contributed by atoms with Crippen molar-refractivity contribution in [1.82, 2.24) is 9.80 Å². The molecule has 5 rings (SSSR count). The zero-order chi connectivity index (χ0) is 24.6. The second-order valence-electron chi connectivity index (χ2n) is 10.4. The summed E-state index contributed by atoms with van der Waals surface area (Å²) in [7, 11) is 0. The van der Waals surface area contributed by atoms with E-state index in [1.54, 1.807) is 0 Å². The molecule has 0 aromatic heterocycles. The van der Waals surface area contributed by atoms with Crippen LogP contribution in [0.5, 0.6) is 0 Å². The van der Waals surface area contributed by atoms with Crippen LogP contribution in [0.25, 0.3) is 0 Å². The molecule has 3 aliphatic rings. The van der Waals surface area contributed by atoms with Gasteiger partial charge in [0.25, 0.3) is 0 Å². The maximum absolute atomic E-state index is 13.8. The molecule has 0 bridgehead atoms. The van der Waals surface area contributed by atoms with Crippen LogP contribution in [0.4, 0.5) is 8.78 Å². The zero-order valence-electron chi connectivity index (χ0n) is 19.9. The SMILES string of the molecule is O=C(N1CCCCC1)C1(c2ccccc2)CCN(CC2CC2(C(=O)O)c2ccc(F)c(F)c2)CC1. The molecule has 5 nitrogen and oxygen atoms in total. The summed E-state index contributed by atoms with van der Waals surface area (Å²) >= 11 is 0. The molecule has 1 aliphatic carbocycles. The van der Waals surface area contributed by atoms with Gasteiger partial charge in [-0.25, -0.2) is 8.78 Å². The van der Waals surface area contributed by atoms with E-state index in [9.17, 15) is 23.5 Å². The molecular weight excluding hydrogens is 450 g/mol. The minimum absolute atomic E-state index is 0.174. The van der Waals surface area contributed by atoms with Crippen molar-refractivity contribution >= 4 is 11.9 Å². The van der Waals surface area contributed by atoms with Crippen molar-refractivity contribution in [2.75, 3.05) is 32.7 Å². The molecule has 1 saturated carbocycles. The van der Waals surface area contributed by atoms with E-state index in [-0.39, 0.29) is 11.8 Å². The van der Waals surface area contributed by atoms with Gasteiger partial charge in [0.2, 0.25) is 5.91 Å². The van der Waals surface area contributed by atoms with Gasteiger partial charge in [-0.15, -0.1) is 0 Å². The topological polar surface area (TPSA) is 60.9 Å². The Morgan fingerprint density at radius 3 is 2.20 bits per heavy atom. The summed E-state index contributed by atoms with van der Waals surface area (Å²) in [6, 6.07) is 13.5. The van der Waals surface area contributed by atoms with E-state index in [1.165, 1.54) is 12.5 Å². The number of benzene rings is 2. The molecule has 2 unspecified atom stereocenters. The first kappa shape index (κ1) is 23.9. The molecule has 7 heteroatoms. The largest absolute Gasteiger partial charge is 0.481 e. The monoisotopic (exact) mass is 482 g/mol. The molecule has 2 atom stereocenters. The fourth-order valence-corrected chi connectivity index (χ4v) is 6.27. The van der Waals surface area contributed by atoms with E-state index in [1.807, 2.05) is 23.1 Å². The van der Waals surface area contributed by atoms with Crippen molar-refractivity contribution in [3.05, 3.63) is 71.3 Å². The smallest absolute Gasteiger partial charge is 0.314 e. The molecule has 1 N–H and O–H groups in total. The molecule has 35 heavy (non-hydrogen) atoms. The standard InChI is InChI=1S/C28H32F2N2O3/c29-23-10-9-21(17-24(23)30)28(26(34)35)18-22(28)19-31-15-11-27(12-16-31,20-7-3-1-4-8-20)25(33)32-13-5-2-6-14-32/h1,3-4,7-10,17,22H,2,5-6,11-16,18-19H2,(H,34,35). The van der Waals surface area contributed by atoms with Gasteiger partial charge in [-0.1, -0.05) is 36.4 Å². The van der Waals surface area contributed by atoms with Gasteiger partial charge in [-0.05, 0) is 80.8 Å². The number of likely N-dealkylation sites (tertiary alicyclic amines) is 2. The van der Waals surface area contributed by atoms with Crippen LogP contribution in [0, 0.1) is 17.6 Å². The quantitative estimate of drug-likeness (QED) is 0.665. The summed E-state index contributed by atoms with van der Waals surface area (Å²) in [5.41, 5.74) is -0.345. The molecule has 0 radical (unpaired) electrons. The van der Waals surface area contributed by atoms with Gasteiger partial charge in [-0.3, -0.25) is 9.59 Å². The number of carboxylic acid groups (broad SMARTS) is 1. The van der Waals surface area contributed by atoms with Crippen LogP contribution in [0.2, 0.25) is 0 Å². The van der Waals surface area contributed by atoms with Gasteiger partial charge in [-0.2, -0.15) is 0 Å². The highest BCUT2D eigenvalue weighted by molar-refractivity contribution is 5.89. The van der Waals surface area contributed by atoms with Gasteiger partial charge >= 0.3 is 5.97 Å². The Labute approximate surface area is 204 Å². The molecule has 0 spiro atoms. The number of halogens is 2. The maximum atomic E-state index is 13.8. The Bertz CT molecular complexity index is 1090. The number of hydrogen-bond donors (Lipinski definition) is 1. The van der Waals surface area contributed by atoms with Crippen molar-refractivity contribution in [2.45, 2.75) is 49.4 Å². The zero-order valence-corrected chi connectivity index (χ0v) is 19.9. The second-order valence-corrected chi connectivity index (χ2v) is 10.4. The van der Waals surface area contributed by atoms with Crippen molar-refractivity contribution in [2.24, 2.45) is 5.92 Å². The van der Waals surface area contributed by atoms with Gasteiger partial charge in [0, 0.05) is 19.6 Å². The van der Waals surface area contributed by atoms with E-state index in [4.69, 9.17) is 0 Å². The second kappa shape index (κ2) is 9.34. The number of carbonyl (C=O) groups is 2. The van der Waals surface area contributed by atoms with Crippen molar-refractivity contribution in [1.29, 1.82) is 0 Å². The van der Waals surface area contributed by atoms with E-state index < -0.39 is 28.4 Å². The Balaban J connectivity index is 1.31. The van der Waals surface area contributed by atoms with Crippen LogP contribution in [-0.4, -0.2) is 59.5 Å². The lowest BCUT2D eigenvalue weighted by Gasteiger charge is -2.44. The number of piperidine rings is 2. The molecule has 1 amide bonds. The number of hydrogen-bond acceptors (Lipinski definition) is 3. The van der Waals surface area contributed by atoms with Crippen molar-refractivity contribution < 1.29 is 23.5 Å². The van der Waals surface area contributed by atoms with E-state index >= 15 is 0 Å². The van der Waals surface area contributed by atoms with Crippen molar-refractivity contribution in [3.8, 4) is 0 Å². The third kappa shape index (κ3) is 4.24. The highest BCUT2D eigenvalue weighted by atomic mass is 19.2. The van der Waals surface area contributed by atoms with Gasteiger partial charge in [0.1, 0.15) is 0 Å². The lowest BCUT2D eigenvalue weighted by Crippen LogP contribution is -2.54. The van der Waals surface area contributed by atoms with E-state index in [0.717, 1.165) is 43.6 Å². The predicted molar refractivity (Wildman–Crippen MR) is 128 cm³/mol. The Hall–Kier alpha value is -2.80. The van der Waals surface area contributed by atoms with Crippen LogP contribution in [-0.2, 0) is 20.4 Å². The Morgan fingerprint density at radius 1 is 0.886 bits per heavy atom. The summed E-state index contributed by atoms with van der Waals surface area (Å²) in [6.45, 7) is 3.58. The first-order valence-corrected chi connectivity index (χ1v) is 12.6. The van der Waals surface area contributed by atoms with Gasteiger partial charge < -0.3 is 14.9 Å². The Morgan fingerprint density at radius 2 is 1.57 bits per heavy atom. The number of nitrogens with zero attached hydrogens (tertiary/aromatic N) is 2. The Kier molecular flexibility index (Phi) is 6.38. The number of amides is 1. The lowest BCUT2D eigenvalue weighted by atomic mass is 9.71. The molecule has 2 aliphatic heterocycles. The molecule has 186 valence electrons. The molecule has 3 fully saturated rings. The minimum Gasteiger partial charge on any atom is -0.481 e. The number of carboxylic acids is 1. The summed E-state index contributed by atoms with van der Waals surface area (Å²) in [5, 5.41) is 9.98. The number of carbonyl (C=O) groups excluding carboxylic acids is 1. The van der Waals surface area contributed by atoms with Crippen LogP contribution in [0.15, 0.2) is 48.5 Å². The van der Waals surface area contributed by atoms with Gasteiger partial charge in [0.15, 0.2) is 11.6 Å². The third-order valence-electron chi connectivity index (χ3n) is 8.49. The molecule has 2 aromatic carbocycles. The summed E-state index contributed by atoms with van der Waals surface area (Å²) in [5.74, 6) is -2.94. The van der Waals surface area contributed by atoms with Crippen molar-refractivity contribution in [3.63, 3.8) is 0 Å². The summed E-state index contributed by atoms with van der Waals surface area (Å²) < 4.78 is 27.3. The van der Waals surface area contributed by atoms with Gasteiger partial charge in [0.05, 0.1) is 10.8 Å². The highest BCUT2D eigenvalue weighted by Gasteiger charge is 2.62. The number of rotatable bonds is 6. The maximum Gasteiger partial charge on any atom is 0.314 e. The average Bonchev–Trinajstić information content (AvgIpc) is 3.62. The lowest BCUT2D eigenvalue weighted by molar-refractivity contribution is -0.140. The minimum atomic E-state index is -1.17. The predicted octanol–water partition coefficient (Wildman–Crippen LogP) is 4.35. The first-order chi connectivity index (χ1) is 16.9. The number of aliphatic carboxylic acids is 1. The normalized spacial score (nSPS) is 26.3. The van der Waals surface area contributed by atoms with Crippen LogP contribution in [0.1, 0.15) is 49.7 Å². The fourth-order valence-electron chi connectivity index (χ4n) is 6.27. The molecule has 2 aromatic rings. The molecule has 2 heterocycles. The fraction of sp³-hybridized carbons (Fsp3) is 0.500. The summed E-state index contributed by atoms with van der Waals surface area (Å²) in [4.78, 5) is 30.3. The highest BCUT2D eigenvalue weighted by Crippen LogP contribution is 2.55. The average molecular weight is 483 g/mol. The van der Waals surface area contributed by atoms with E-state index in [0.29, 0.717) is 44.5 Å². The van der Waals surface area contributed by atoms with Crippen LogP contribution >= 0.6 is 0 Å². The van der Waals surface area contributed by atoms with E-state index in [2.05, 4.69) is 17.0 Å². The summed E-state index contributed by atoms with van der Waals surface area (Å²) in [6.07, 6.45) is 5.03. The molecular formula is C28H32F2N2O3. The van der Waals surface area contributed by atoms with Crippen LogP contribution in [0.3, 0.4) is 0 Å². The molecule has 2 saturated heterocycles. The third-order valence-corrected chi connectivity index (χ3v) is 8.49. The van der Waals surface area contributed by atoms with Crippen LogP contribution < -0.4 is 0 Å². The first-order valence-electron chi connectivity index (χ1n) is 12.6.